The molecule has 0 aliphatic heterocycles. The smallest absolute Gasteiger partial charge is 0.209 e. The van der Waals surface area contributed by atoms with Crippen molar-refractivity contribution in [1.29, 1.82) is 0 Å². The van der Waals surface area contributed by atoms with Crippen molar-refractivity contribution in [3.8, 4) is 11.5 Å². The highest BCUT2D eigenvalue weighted by atomic mass is 32.1. The number of thiazole rings is 1. The molecule has 1 aliphatic carbocycles. The first kappa shape index (κ1) is 14.1. The third kappa shape index (κ3) is 3.08. The quantitative estimate of drug-likeness (QED) is 0.807. The standard InChI is InChI=1S/C16H18N2O2S/c1-19-12-7-8-14(20-2)11(9-12)10-17-16-18-13-5-3-4-6-15(13)21-16/h7-10H,3-6H2,1-2H3. The minimum Gasteiger partial charge on any atom is -0.497 e. The van der Waals surface area contributed by atoms with Gasteiger partial charge in [0.25, 0.3) is 0 Å². The summed E-state index contributed by atoms with van der Waals surface area (Å²) in [6.07, 6.45) is 6.53. The number of fused-ring (bicyclic) bond motifs is 1. The van der Waals surface area contributed by atoms with Crippen LogP contribution in [0.4, 0.5) is 5.13 Å². The average Bonchev–Trinajstić information content (AvgIpc) is 2.95. The van der Waals surface area contributed by atoms with Crippen LogP contribution in [-0.4, -0.2) is 25.4 Å². The molecule has 1 aromatic carbocycles. The fourth-order valence-corrected chi connectivity index (χ4v) is 3.45. The van der Waals surface area contributed by atoms with Crippen molar-refractivity contribution in [2.45, 2.75) is 25.7 Å². The SMILES string of the molecule is COc1ccc(OC)c(C=Nc2nc3c(s2)CCCC3)c1. The first-order valence-electron chi connectivity index (χ1n) is 7.05. The monoisotopic (exact) mass is 302 g/mol. The Bertz CT molecular complexity index is 641. The summed E-state index contributed by atoms with van der Waals surface area (Å²) in [6.45, 7) is 0. The minimum atomic E-state index is 0.779. The molecule has 0 bridgehead atoms. The molecule has 3 rings (SSSR count). The number of hydrogen-bond acceptors (Lipinski definition) is 5. The largest absolute Gasteiger partial charge is 0.497 e. The molecule has 0 fully saturated rings. The van der Waals surface area contributed by atoms with Crippen LogP contribution in [0, 0.1) is 0 Å². The molecule has 0 N–H and O–H groups in total. The van der Waals surface area contributed by atoms with Gasteiger partial charge < -0.3 is 9.47 Å². The number of hydrogen-bond donors (Lipinski definition) is 0. The van der Waals surface area contributed by atoms with Crippen molar-refractivity contribution in [2.75, 3.05) is 14.2 Å². The van der Waals surface area contributed by atoms with E-state index in [4.69, 9.17) is 9.47 Å². The molecular formula is C16H18N2O2S. The third-order valence-electron chi connectivity index (χ3n) is 3.59. The van der Waals surface area contributed by atoms with Crippen molar-refractivity contribution in [3.05, 3.63) is 34.3 Å². The number of rotatable bonds is 4. The second-order valence-electron chi connectivity index (χ2n) is 4.94. The molecule has 21 heavy (non-hydrogen) atoms. The van der Waals surface area contributed by atoms with Gasteiger partial charge in [0.2, 0.25) is 5.13 Å². The molecule has 0 spiro atoms. The van der Waals surface area contributed by atoms with Crippen molar-refractivity contribution in [2.24, 2.45) is 4.99 Å². The van der Waals surface area contributed by atoms with Crippen LogP contribution in [0.25, 0.3) is 0 Å². The molecule has 0 radical (unpaired) electrons. The van der Waals surface area contributed by atoms with Crippen molar-refractivity contribution >= 4 is 22.7 Å². The van der Waals surface area contributed by atoms with Gasteiger partial charge in [-0.15, -0.1) is 0 Å². The van der Waals surface area contributed by atoms with E-state index in [9.17, 15) is 0 Å². The summed E-state index contributed by atoms with van der Waals surface area (Å²) in [7, 11) is 3.30. The van der Waals surface area contributed by atoms with E-state index in [0.29, 0.717) is 0 Å². The Balaban J connectivity index is 1.86. The van der Waals surface area contributed by atoms with Crippen LogP contribution < -0.4 is 9.47 Å². The highest BCUT2D eigenvalue weighted by molar-refractivity contribution is 7.15. The molecule has 0 saturated carbocycles. The van der Waals surface area contributed by atoms with Crippen LogP contribution in [0.2, 0.25) is 0 Å². The van der Waals surface area contributed by atoms with Gasteiger partial charge in [0.15, 0.2) is 0 Å². The number of nitrogens with zero attached hydrogens (tertiary/aromatic N) is 2. The molecule has 1 aromatic heterocycles. The summed E-state index contributed by atoms with van der Waals surface area (Å²) in [5.41, 5.74) is 2.13. The molecule has 1 aliphatic rings. The number of aromatic nitrogens is 1. The summed E-state index contributed by atoms with van der Waals surface area (Å²) in [6, 6.07) is 5.67. The Kier molecular flexibility index (Phi) is 4.20. The third-order valence-corrected chi connectivity index (χ3v) is 4.65. The molecule has 0 amide bonds. The topological polar surface area (TPSA) is 43.7 Å². The minimum absolute atomic E-state index is 0.779. The van der Waals surface area contributed by atoms with Gasteiger partial charge in [0.05, 0.1) is 19.9 Å². The van der Waals surface area contributed by atoms with E-state index in [1.807, 2.05) is 18.2 Å². The van der Waals surface area contributed by atoms with Gasteiger partial charge in [0.1, 0.15) is 11.5 Å². The van der Waals surface area contributed by atoms with E-state index in [-0.39, 0.29) is 0 Å². The van der Waals surface area contributed by atoms with E-state index in [1.54, 1.807) is 31.8 Å². The zero-order valence-electron chi connectivity index (χ0n) is 12.3. The van der Waals surface area contributed by atoms with Crippen LogP contribution in [0.5, 0.6) is 11.5 Å². The van der Waals surface area contributed by atoms with Gasteiger partial charge in [-0.1, -0.05) is 11.3 Å². The second-order valence-corrected chi connectivity index (χ2v) is 6.00. The molecule has 5 heteroatoms. The van der Waals surface area contributed by atoms with E-state index in [0.717, 1.165) is 35.0 Å². The summed E-state index contributed by atoms with van der Waals surface area (Å²) < 4.78 is 10.6. The highest BCUT2D eigenvalue weighted by Crippen LogP contribution is 2.31. The van der Waals surface area contributed by atoms with Crippen molar-refractivity contribution in [1.82, 2.24) is 4.98 Å². The first-order valence-corrected chi connectivity index (χ1v) is 7.86. The summed E-state index contributed by atoms with van der Waals surface area (Å²) >= 11 is 1.70. The maximum absolute atomic E-state index is 5.35. The molecule has 0 atom stereocenters. The molecule has 2 aromatic rings. The zero-order valence-corrected chi connectivity index (χ0v) is 13.1. The normalized spacial score (nSPS) is 14.2. The summed E-state index contributed by atoms with van der Waals surface area (Å²) in [5, 5.41) is 0.826. The van der Waals surface area contributed by atoms with Gasteiger partial charge in [-0.05, 0) is 43.9 Å². The fraction of sp³-hybridized carbons (Fsp3) is 0.375. The molecule has 4 nitrogen and oxygen atoms in total. The molecule has 0 unspecified atom stereocenters. The van der Waals surface area contributed by atoms with Crippen LogP contribution >= 0.6 is 11.3 Å². The van der Waals surface area contributed by atoms with E-state index in [1.165, 1.54) is 23.4 Å². The molecule has 1 heterocycles. The van der Waals surface area contributed by atoms with Gasteiger partial charge in [-0.3, -0.25) is 0 Å². The molecular weight excluding hydrogens is 284 g/mol. The second kappa shape index (κ2) is 6.26. The Hall–Kier alpha value is -1.88. The lowest BCUT2D eigenvalue weighted by Crippen LogP contribution is -1.98. The lowest BCUT2D eigenvalue weighted by molar-refractivity contribution is 0.402. The van der Waals surface area contributed by atoms with Gasteiger partial charge in [-0.2, -0.15) is 0 Å². The number of methoxy groups -OCH3 is 2. The number of ether oxygens (including phenoxy) is 2. The number of benzene rings is 1. The summed E-state index contributed by atoms with van der Waals surface area (Å²) in [4.78, 5) is 10.5. The first-order chi connectivity index (χ1) is 10.3. The van der Waals surface area contributed by atoms with Crippen molar-refractivity contribution < 1.29 is 9.47 Å². The number of aryl methyl sites for hydroxylation is 2. The molecule has 110 valence electrons. The van der Waals surface area contributed by atoms with E-state index >= 15 is 0 Å². The maximum Gasteiger partial charge on any atom is 0.209 e. The molecule has 0 saturated heterocycles. The van der Waals surface area contributed by atoms with Crippen LogP contribution in [0.1, 0.15) is 29.0 Å². The lowest BCUT2D eigenvalue weighted by Gasteiger charge is -2.06. The van der Waals surface area contributed by atoms with E-state index in [2.05, 4.69) is 9.98 Å². The van der Waals surface area contributed by atoms with Crippen molar-refractivity contribution in [3.63, 3.8) is 0 Å². The lowest BCUT2D eigenvalue weighted by atomic mass is 10.0. The highest BCUT2D eigenvalue weighted by Gasteiger charge is 2.14. The van der Waals surface area contributed by atoms with Gasteiger partial charge in [-0.25, -0.2) is 9.98 Å². The predicted octanol–water partition coefficient (Wildman–Crippen LogP) is 3.79. The Morgan fingerprint density at radius 2 is 2.05 bits per heavy atom. The number of aliphatic imine (C=N–C) groups is 1. The average molecular weight is 302 g/mol. The Morgan fingerprint density at radius 1 is 1.19 bits per heavy atom. The maximum atomic E-state index is 5.35. The fourth-order valence-electron chi connectivity index (χ4n) is 2.46. The Morgan fingerprint density at radius 3 is 2.81 bits per heavy atom. The van der Waals surface area contributed by atoms with Gasteiger partial charge in [0, 0.05) is 16.7 Å². The van der Waals surface area contributed by atoms with Crippen LogP contribution in [0.3, 0.4) is 0 Å². The van der Waals surface area contributed by atoms with Crippen LogP contribution in [0.15, 0.2) is 23.2 Å². The van der Waals surface area contributed by atoms with E-state index < -0.39 is 0 Å². The predicted molar refractivity (Wildman–Crippen MR) is 85.6 cm³/mol. The zero-order chi connectivity index (χ0) is 14.7. The van der Waals surface area contributed by atoms with Crippen LogP contribution in [-0.2, 0) is 12.8 Å². The summed E-state index contributed by atoms with van der Waals surface area (Å²) in [5.74, 6) is 1.57. The van der Waals surface area contributed by atoms with Gasteiger partial charge >= 0.3 is 0 Å². The Labute approximate surface area is 128 Å².